The predicted octanol–water partition coefficient (Wildman–Crippen LogP) is 1.02. The molecule has 1 fully saturated rings. The van der Waals surface area contributed by atoms with Crippen molar-refractivity contribution in [1.82, 2.24) is 9.38 Å². The number of hydrogen-bond acceptors (Lipinski definition) is 6. The molecule has 8 nitrogen and oxygen atoms in total. The van der Waals surface area contributed by atoms with Gasteiger partial charge < -0.3 is 9.80 Å². The Morgan fingerprint density at radius 1 is 1.19 bits per heavy atom. The average molecular weight is 471 g/mol. The second kappa shape index (κ2) is 8.74. The zero-order valence-electron chi connectivity index (χ0n) is 17.3. The van der Waals surface area contributed by atoms with Crippen molar-refractivity contribution in [3.8, 4) is 6.07 Å². The Hall–Kier alpha value is -3.19. The first-order valence-electron chi connectivity index (χ1n) is 10.0. The van der Waals surface area contributed by atoms with Gasteiger partial charge in [0, 0.05) is 11.2 Å². The minimum Gasteiger partial charge on any atom is -0.345 e. The van der Waals surface area contributed by atoms with E-state index in [9.17, 15) is 18.5 Å². The van der Waals surface area contributed by atoms with E-state index in [0.29, 0.717) is 29.6 Å². The molecule has 3 heterocycles. The Kier molecular flexibility index (Phi) is 6.02. The number of rotatable bonds is 4. The van der Waals surface area contributed by atoms with Crippen LogP contribution in [0, 0.1) is 11.3 Å². The smallest absolute Gasteiger partial charge is 0.267 e. The van der Waals surface area contributed by atoms with Crippen molar-refractivity contribution in [1.29, 1.82) is 5.26 Å². The number of halogens is 1. The van der Waals surface area contributed by atoms with Gasteiger partial charge in [-0.2, -0.15) is 5.26 Å². The monoisotopic (exact) mass is 470 g/mol. The maximum atomic E-state index is 13.3. The molecular formula is C22H21ClN5O3S+. The molecule has 0 atom stereocenters. The molecule has 1 saturated heterocycles. The highest BCUT2D eigenvalue weighted by Crippen LogP contribution is 2.25. The van der Waals surface area contributed by atoms with Crippen LogP contribution < -0.4 is 15.4 Å². The van der Waals surface area contributed by atoms with Crippen LogP contribution in [0.15, 0.2) is 63.3 Å². The van der Waals surface area contributed by atoms with E-state index >= 15 is 0 Å². The van der Waals surface area contributed by atoms with Crippen molar-refractivity contribution in [2.24, 2.45) is 0 Å². The molecule has 3 aromatic rings. The van der Waals surface area contributed by atoms with E-state index in [1.54, 1.807) is 30.5 Å². The normalized spacial score (nSPS) is 15.7. The third kappa shape index (κ3) is 4.12. The number of allylic oxidation sites excluding steroid dienone is 1. The first-order chi connectivity index (χ1) is 15.3. The zero-order chi connectivity index (χ0) is 22.9. The minimum absolute atomic E-state index is 0.0716. The number of pyridine rings is 1. The number of quaternary nitrogens is 1. The Morgan fingerprint density at radius 2 is 1.88 bits per heavy atom. The van der Waals surface area contributed by atoms with E-state index in [1.165, 1.54) is 33.6 Å². The van der Waals surface area contributed by atoms with Gasteiger partial charge in [-0.15, -0.1) is 0 Å². The quantitative estimate of drug-likeness (QED) is 0.571. The van der Waals surface area contributed by atoms with Gasteiger partial charge in [0.25, 0.3) is 5.56 Å². The number of nitrogens with zero attached hydrogens (tertiary/aromatic N) is 4. The summed E-state index contributed by atoms with van der Waals surface area (Å²) in [5.74, 6) is 0.382. The fourth-order valence-corrected chi connectivity index (χ4v) is 4.87. The van der Waals surface area contributed by atoms with E-state index in [0.717, 1.165) is 19.2 Å². The molecule has 1 aliphatic heterocycles. The summed E-state index contributed by atoms with van der Waals surface area (Å²) in [5, 5.41) is 10.1. The molecule has 164 valence electrons. The summed E-state index contributed by atoms with van der Waals surface area (Å²) in [6.07, 6.45) is 2.71. The number of anilines is 1. The largest absolute Gasteiger partial charge is 0.345 e. The number of benzene rings is 1. The lowest BCUT2D eigenvalue weighted by Crippen LogP contribution is -3.12. The van der Waals surface area contributed by atoms with Crippen molar-refractivity contribution in [2.75, 3.05) is 38.1 Å². The van der Waals surface area contributed by atoms with Crippen LogP contribution in [-0.4, -0.2) is 51.0 Å². The first-order valence-corrected chi connectivity index (χ1v) is 11.9. The summed E-state index contributed by atoms with van der Waals surface area (Å²) >= 11 is 5.86. The van der Waals surface area contributed by atoms with Gasteiger partial charge in [-0.1, -0.05) is 17.7 Å². The molecule has 1 aliphatic rings. The highest BCUT2D eigenvalue weighted by Gasteiger charge is 2.26. The summed E-state index contributed by atoms with van der Waals surface area (Å²) in [5.41, 5.74) is 0.0910. The van der Waals surface area contributed by atoms with Crippen molar-refractivity contribution in [3.05, 3.63) is 74.5 Å². The van der Waals surface area contributed by atoms with Crippen LogP contribution in [0.5, 0.6) is 0 Å². The summed E-state index contributed by atoms with van der Waals surface area (Å²) < 4.78 is 27.6. The van der Waals surface area contributed by atoms with Crippen LogP contribution in [0.3, 0.4) is 0 Å². The number of nitriles is 1. The molecule has 0 amide bonds. The van der Waals surface area contributed by atoms with Crippen LogP contribution in [0.2, 0.25) is 5.02 Å². The number of piperazine rings is 1. The third-order valence-corrected chi connectivity index (χ3v) is 7.40. The molecule has 2 aromatic heterocycles. The summed E-state index contributed by atoms with van der Waals surface area (Å²) in [4.78, 5) is 20.7. The SMILES string of the molecule is C[NH+]1CCN(c2nc3ccccn3c(=O)c2/C=C(/C#N)S(=O)(=O)c2ccc(Cl)cc2)CC1. The molecule has 0 radical (unpaired) electrons. The van der Waals surface area contributed by atoms with Gasteiger partial charge >= 0.3 is 0 Å². The van der Waals surface area contributed by atoms with E-state index in [-0.39, 0.29) is 10.5 Å². The number of likely N-dealkylation sites (N-methyl/N-ethyl adjacent to an activating group) is 1. The van der Waals surface area contributed by atoms with Gasteiger partial charge in [0.05, 0.1) is 43.7 Å². The molecule has 4 rings (SSSR count). The number of fused-ring (bicyclic) bond motifs is 1. The van der Waals surface area contributed by atoms with E-state index < -0.39 is 20.3 Å². The molecule has 1 aromatic carbocycles. The third-order valence-electron chi connectivity index (χ3n) is 5.46. The molecule has 10 heteroatoms. The minimum atomic E-state index is -4.15. The fourth-order valence-electron chi connectivity index (χ4n) is 3.60. The highest BCUT2D eigenvalue weighted by atomic mass is 35.5. The summed E-state index contributed by atoms with van der Waals surface area (Å²) in [6.45, 7) is 3.03. The lowest BCUT2D eigenvalue weighted by atomic mass is 10.2. The maximum Gasteiger partial charge on any atom is 0.267 e. The number of aromatic nitrogens is 2. The predicted molar refractivity (Wildman–Crippen MR) is 123 cm³/mol. The topological polar surface area (TPSA) is 100.0 Å². The van der Waals surface area contributed by atoms with Crippen molar-refractivity contribution < 1.29 is 13.3 Å². The van der Waals surface area contributed by atoms with Gasteiger partial charge in [0.1, 0.15) is 22.4 Å². The first kappa shape index (κ1) is 22.0. The van der Waals surface area contributed by atoms with Crippen LogP contribution in [-0.2, 0) is 9.84 Å². The molecule has 0 aliphatic carbocycles. The zero-order valence-corrected chi connectivity index (χ0v) is 18.9. The molecule has 0 saturated carbocycles. The Balaban J connectivity index is 1.92. The van der Waals surface area contributed by atoms with Crippen LogP contribution >= 0.6 is 11.6 Å². The standard InChI is InChI=1S/C22H20ClN5O3S/c1-26-10-12-27(13-11-26)21-19(22(29)28-9-3-2-4-20(28)25-21)14-18(15-24)32(30,31)17-7-5-16(23)6-8-17/h2-9,14H,10-13H2,1H3/p+1/b18-14-. The lowest BCUT2D eigenvalue weighted by Gasteiger charge is -2.31. The average Bonchev–Trinajstić information content (AvgIpc) is 2.79. The van der Waals surface area contributed by atoms with Gasteiger partial charge in [-0.3, -0.25) is 9.20 Å². The second-order valence-corrected chi connectivity index (χ2v) is 9.96. The Bertz CT molecular complexity index is 1400. The molecule has 0 bridgehead atoms. The van der Waals surface area contributed by atoms with Crippen LogP contribution in [0.1, 0.15) is 5.56 Å². The van der Waals surface area contributed by atoms with Crippen molar-refractivity contribution >= 4 is 39.0 Å². The van der Waals surface area contributed by atoms with Gasteiger partial charge in [0.15, 0.2) is 0 Å². The number of hydrogen-bond donors (Lipinski definition) is 1. The molecule has 0 spiro atoms. The highest BCUT2D eigenvalue weighted by molar-refractivity contribution is 7.95. The van der Waals surface area contributed by atoms with Crippen LogP contribution in [0.4, 0.5) is 5.82 Å². The van der Waals surface area contributed by atoms with E-state index in [2.05, 4.69) is 12.0 Å². The summed E-state index contributed by atoms with van der Waals surface area (Å²) in [7, 11) is -2.06. The lowest BCUT2D eigenvalue weighted by molar-refractivity contribution is -0.880. The summed E-state index contributed by atoms with van der Waals surface area (Å²) in [6, 6.07) is 12.5. The van der Waals surface area contributed by atoms with Gasteiger partial charge in [-0.25, -0.2) is 13.4 Å². The Labute approximate surface area is 190 Å². The van der Waals surface area contributed by atoms with Gasteiger partial charge in [0.2, 0.25) is 9.84 Å². The molecule has 32 heavy (non-hydrogen) atoms. The number of nitrogens with one attached hydrogen (secondary N) is 1. The Morgan fingerprint density at radius 3 is 2.53 bits per heavy atom. The fraction of sp³-hybridized carbons (Fsp3) is 0.227. The second-order valence-electron chi connectivity index (χ2n) is 7.60. The molecule has 1 N–H and O–H groups in total. The molecular weight excluding hydrogens is 450 g/mol. The van der Waals surface area contributed by atoms with Crippen LogP contribution in [0.25, 0.3) is 11.7 Å². The van der Waals surface area contributed by atoms with E-state index in [4.69, 9.17) is 11.6 Å². The molecule has 0 unspecified atom stereocenters. The maximum absolute atomic E-state index is 13.3. The van der Waals surface area contributed by atoms with Crippen molar-refractivity contribution in [2.45, 2.75) is 4.90 Å². The van der Waals surface area contributed by atoms with E-state index in [1.807, 2.05) is 4.90 Å². The van der Waals surface area contributed by atoms with Gasteiger partial charge in [-0.05, 0) is 42.5 Å². The number of sulfone groups is 1. The van der Waals surface area contributed by atoms with Crippen molar-refractivity contribution in [3.63, 3.8) is 0 Å².